The molecule has 1 atom stereocenters. The van der Waals surface area contributed by atoms with Crippen LogP contribution in [0.3, 0.4) is 0 Å². The summed E-state index contributed by atoms with van der Waals surface area (Å²) in [5.41, 5.74) is 0. The maximum atomic E-state index is 11.2. The number of halogens is 4. The van der Waals surface area contributed by atoms with Crippen LogP contribution in [0.1, 0.15) is 13.3 Å². The van der Waals surface area contributed by atoms with Crippen LogP contribution in [0.25, 0.3) is 0 Å². The van der Waals surface area contributed by atoms with Crippen LogP contribution in [0, 0.1) is 0 Å². The zero-order valence-electron chi connectivity index (χ0n) is 4.30. The van der Waals surface area contributed by atoms with E-state index in [0.717, 1.165) is 0 Å². The van der Waals surface area contributed by atoms with Crippen molar-refractivity contribution in [2.24, 2.45) is 0 Å². The van der Waals surface area contributed by atoms with E-state index >= 15 is 0 Å². The average Bonchev–Trinajstić information content (AvgIpc) is 1.21. The quantitative estimate of drug-likeness (QED) is 0.499. The normalized spacial score (nSPS) is 16.1. The smallest absolute Gasteiger partial charge is 0.171 e. The Morgan fingerprint density at radius 3 is 1.88 bits per heavy atom. The van der Waals surface area contributed by atoms with Crippen molar-refractivity contribution >= 4 is 11.6 Å². The van der Waals surface area contributed by atoms with Crippen molar-refractivity contribution in [3.8, 4) is 0 Å². The van der Waals surface area contributed by atoms with Crippen molar-refractivity contribution in [1.29, 1.82) is 0 Å². The molecule has 50 valence electrons. The molecule has 0 aromatic rings. The van der Waals surface area contributed by atoms with Gasteiger partial charge in [0.05, 0.1) is 6.42 Å². The van der Waals surface area contributed by atoms with Gasteiger partial charge in [0.25, 0.3) is 0 Å². The first-order valence-corrected chi connectivity index (χ1v) is 2.56. The molecule has 0 aromatic heterocycles. The second-order valence-electron chi connectivity index (χ2n) is 1.60. The van der Waals surface area contributed by atoms with Crippen LogP contribution in [-0.2, 0) is 0 Å². The molecule has 0 saturated heterocycles. The first-order chi connectivity index (χ1) is 3.42. The lowest BCUT2D eigenvalue weighted by molar-refractivity contribution is -0.133. The highest BCUT2D eigenvalue weighted by Gasteiger charge is 2.28. The van der Waals surface area contributed by atoms with E-state index in [4.69, 9.17) is 11.6 Å². The number of hydrogen-bond donors (Lipinski definition) is 0. The summed E-state index contributed by atoms with van der Waals surface area (Å²) in [6, 6.07) is 0. The van der Waals surface area contributed by atoms with Crippen molar-refractivity contribution in [1.82, 2.24) is 0 Å². The molecule has 0 bridgehead atoms. The fraction of sp³-hybridized carbons (Fsp3) is 1.00. The molecule has 0 heterocycles. The Kier molecular flexibility index (Phi) is 2.60. The molecule has 4 heteroatoms. The van der Waals surface area contributed by atoms with Crippen LogP contribution >= 0.6 is 11.6 Å². The molecule has 8 heavy (non-hydrogen) atoms. The summed E-state index contributed by atoms with van der Waals surface area (Å²) >= 11 is 5.04. The summed E-state index contributed by atoms with van der Waals surface area (Å²) in [5.74, 6) is 0. The highest BCUT2D eigenvalue weighted by Crippen LogP contribution is 2.23. The summed E-state index contributed by atoms with van der Waals surface area (Å²) < 4.78 is 33.7. The lowest BCUT2D eigenvalue weighted by atomic mass is 10.3. The van der Waals surface area contributed by atoms with Crippen molar-refractivity contribution in [3.63, 3.8) is 0 Å². The summed E-state index contributed by atoms with van der Waals surface area (Å²) in [6.45, 7) is 1.31. The molecule has 0 aliphatic heterocycles. The lowest BCUT2D eigenvalue weighted by Crippen LogP contribution is -2.12. The molecular formula is C4H6ClF3. The van der Waals surface area contributed by atoms with Crippen LogP contribution in [0.15, 0.2) is 0 Å². The first kappa shape index (κ1) is 8.08. The van der Waals surface area contributed by atoms with Crippen LogP contribution in [0.2, 0.25) is 0 Å². The van der Waals surface area contributed by atoms with Crippen LogP contribution in [-0.4, -0.2) is 11.6 Å². The second-order valence-corrected chi connectivity index (χ2v) is 2.35. The Morgan fingerprint density at radius 1 is 1.50 bits per heavy atom. The maximum Gasteiger partial charge on any atom is 0.390 e. The average molecular weight is 147 g/mol. The minimum Gasteiger partial charge on any atom is -0.171 e. The summed E-state index contributed by atoms with van der Waals surface area (Å²) in [7, 11) is 0. The third kappa shape index (κ3) is 6.08. The van der Waals surface area contributed by atoms with Crippen molar-refractivity contribution < 1.29 is 13.2 Å². The van der Waals surface area contributed by atoms with Gasteiger partial charge in [-0.15, -0.1) is 11.6 Å². The lowest BCUT2D eigenvalue weighted by Gasteiger charge is -2.05. The van der Waals surface area contributed by atoms with Crippen LogP contribution in [0.4, 0.5) is 13.2 Å². The van der Waals surface area contributed by atoms with Gasteiger partial charge in [0.2, 0.25) is 0 Å². The minimum absolute atomic E-state index is 0.810. The standard InChI is InChI=1S/C4H6ClF3/c1-3(5)2-4(6,7)8/h3H,2H2,1H3. The number of rotatable bonds is 1. The van der Waals surface area contributed by atoms with E-state index in [2.05, 4.69) is 0 Å². The summed E-state index contributed by atoms with van der Waals surface area (Å²) in [5, 5.41) is -0.810. The van der Waals surface area contributed by atoms with Crippen LogP contribution < -0.4 is 0 Å². The largest absolute Gasteiger partial charge is 0.390 e. The van der Waals surface area contributed by atoms with E-state index < -0.39 is 18.0 Å². The molecule has 0 spiro atoms. The van der Waals surface area contributed by atoms with Crippen molar-refractivity contribution in [3.05, 3.63) is 0 Å². The zero-order valence-corrected chi connectivity index (χ0v) is 5.05. The second kappa shape index (κ2) is 2.58. The van der Waals surface area contributed by atoms with Crippen LogP contribution in [0.5, 0.6) is 0 Å². The minimum atomic E-state index is -4.11. The molecule has 0 aliphatic carbocycles. The molecule has 0 saturated carbocycles. The van der Waals surface area contributed by atoms with E-state index in [1.54, 1.807) is 0 Å². The Labute approximate surface area is 50.6 Å². The van der Waals surface area contributed by atoms with E-state index in [0.29, 0.717) is 0 Å². The predicted octanol–water partition coefficient (Wildman–Crippen LogP) is 2.57. The molecule has 0 aromatic carbocycles. The summed E-state index contributed by atoms with van der Waals surface area (Å²) in [4.78, 5) is 0. The zero-order chi connectivity index (χ0) is 6.78. The molecule has 0 nitrogen and oxygen atoms in total. The van der Waals surface area contributed by atoms with Gasteiger partial charge in [-0.1, -0.05) is 0 Å². The third-order valence-corrected chi connectivity index (χ3v) is 0.667. The van der Waals surface area contributed by atoms with E-state index in [1.807, 2.05) is 0 Å². The van der Waals surface area contributed by atoms with E-state index in [-0.39, 0.29) is 0 Å². The van der Waals surface area contributed by atoms with Gasteiger partial charge in [0.1, 0.15) is 0 Å². The molecular weight excluding hydrogens is 140 g/mol. The third-order valence-electron chi connectivity index (χ3n) is 0.513. The number of alkyl halides is 4. The van der Waals surface area contributed by atoms with Gasteiger partial charge in [-0.3, -0.25) is 0 Å². The number of hydrogen-bond acceptors (Lipinski definition) is 0. The highest BCUT2D eigenvalue weighted by atomic mass is 35.5. The molecule has 0 radical (unpaired) electrons. The van der Waals surface area contributed by atoms with Crippen molar-refractivity contribution in [2.45, 2.75) is 24.9 Å². The Bertz CT molecular complexity index is 66.2. The van der Waals surface area contributed by atoms with Gasteiger partial charge < -0.3 is 0 Å². The molecule has 0 amide bonds. The van der Waals surface area contributed by atoms with Crippen molar-refractivity contribution in [2.75, 3.05) is 0 Å². The van der Waals surface area contributed by atoms with Gasteiger partial charge in [-0.25, -0.2) is 0 Å². The maximum absolute atomic E-state index is 11.2. The molecule has 0 fully saturated rings. The fourth-order valence-corrected chi connectivity index (χ4v) is 0.494. The van der Waals surface area contributed by atoms with E-state index in [1.165, 1.54) is 6.92 Å². The van der Waals surface area contributed by atoms with Gasteiger partial charge in [-0.2, -0.15) is 13.2 Å². The predicted molar refractivity (Wildman–Crippen MR) is 26.0 cm³/mol. The van der Waals surface area contributed by atoms with Gasteiger partial charge in [-0.05, 0) is 6.92 Å². The highest BCUT2D eigenvalue weighted by molar-refractivity contribution is 6.20. The first-order valence-electron chi connectivity index (χ1n) is 2.12. The molecule has 0 aliphatic rings. The van der Waals surface area contributed by atoms with E-state index in [9.17, 15) is 13.2 Å². The Balaban J connectivity index is 3.39. The fourth-order valence-electron chi connectivity index (χ4n) is 0.319. The molecule has 0 rings (SSSR count). The monoisotopic (exact) mass is 146 g/mol. The Hall–Kier alpha value is 0.0800. The van der Waals surface area contributed by atoms with Gasteiger partial charge >= 0.3 is 6.18 Å². The van der Waals surface area contributed by atoms with Gasteiger partial charge in [0, 0.05) is 5.38 Å². The Morgan fingerprint density at radius 2 is 1.88 bits per heavy atom. The topological polar surface area (TPSA) is 0 Å². The SMILES string of the molecule is CC(Cl)CC(F)(F)F. The molecule has 0 N–H and O–H groups in total. The summed E-state index contributed by atoms with van der Waals surface area (Å²) in [6.07, 6.45) is -5.02. The van der Waals surface area contributed by atoms with Gasteiger partial charge in [0.15, 0.2) is 0 Å². The molecule has 1 unspecified atom stereocenters.